The zero-order chi connectivity index (χ0) is 13.0. The molecule has 1 aromatic rings. The second-order valence-electron chi connectivity index (χ2n) is 3.75. The first-order valence-electron chi connectivity index (χ1n) is 5.37. The molecular formula is C13H11BrN2O2. The summed E-state index contributed by atoms with van der Waals surface area (Å²) in [5.74, 6) is -0.270. The van der Waals surface area contributed by atoms with E-state index in [1.165, 1.54) is 12.2 Å². The number of amides is 1. The zero-order valence-electron chi connectivity index (χ0n) is 9.39. The van der Waals surface area contributed by atoms with Gasteiger partial charge in [-0.3, -0.25) is 15.0 Å². The fourth-order valence-corrected chi connectivity index (χ4v) is 1.70. The fraction of sp³-hybridized carbons (Fsp3) is 0.0769. The van der Waals surface area contributed by atoms with Crippen molar-refractivity contribution >= 4 is 27.6 Å². The van der Waals surface area contributed by atoms with E-state index in [-0.39, 0.29) is 17.7 Å². The number of allylic oxidation sites excluding steroid dienone is 2. The van der Waals surface area contributed by atoms with E-state index >= 15 is 0 Å². The third-order valence-electron chi connectivity index (χ3n) is 2.39. The summed E-state index contributed by atoms with van der Waals surface area (Å²) >= 11 is 3.30. The van der Waals surface area contributed by atoms with Gasteiger partial charge in [0.2, 0.25) is 0 Å². The smallest absolute Gasteiger partial charge is 0.265 e. The summed E-state index contributed by atoms with van der Waals surface area (Å²) in [6, 6.07) is 6.87. The molecule has 5 heteroatoms. The van der Waals surface area contributed by atoms with Crippen molar-refractivity contribution < 1.29 is 9.59 Å². The SMILES string of the molecule is O=C1C=CC(NNC(=O)c2ccc(Br)cc2)C=C1. The van der Waals surface area contributed by atoms with Gasteiger partial charge in [-0.05, 0) is 36.4 Å². The fourth-order valence-electron chi connectivity index (χ4n) is 1.44. The van der Waals surface area contributed by atoms with Gasteiger partial charge < -0.3 is 0 Å². The molecule has 1 aliphatic carbocycles. The van der Waals surface area contributed by atoms with Crippen LogP contribution in [0.5, 0.6) is 0 Å². The van der Waals surface area contributed by atoms with E-state index < -0.39 is 0 Å². The Morgan fingerprint density at radius 3 is 2.33 bits per heavy atom. The van der Waals surface area contributed by atoms with Gasteiger partial charge >= 0.3 is 0 Å². The van der Waals surface area contributed by atoms with Gasteiger partial charge in [0.1, 0.15) is 0 Å². The van der Waals surface area contributed by atoms with E-state index in [4.69, 9.17) is 0 Å². The molecule has 0 atom stereocenters. The number of rotatable bonds is 3. The first kappa shape index (κ1) is 12.7. The molecule has 0 radical (unpaired) electrons. The number of carbonyl (C=O) groups excluding carboxylic acids is 2. The van der Waals surface area contributed by atoms with Crippen molar-refractivity contribution in [3.63, 3.8) is 0 Å². The first-order chi connectivity index (χ1) is 8.65. The Morgan fingerprint density at radius 1 is 1.11 bits per heavy atom. The van der Waals surface area contributed by atoms with Crippen LogP contribution in [0.1, 0.15) is 10.4 Å². The molecule has 1 aromatic carbocycles. The molecule has 0 aliphatic heterocycles. The van der Waals surface area contributed by atoms with Crippen molar-refractivity contribution in [1.29, 1.82) is 0 Å². The van der Waals surface area contributed by atoms with Gasteiger partial charge in [0, 0.05) is 10.0 Å². The summed E-state index contributed by atoms with van der Waals surface area (Å²) in [6.07, 6.45) is 6.29. The summed E-state index contributed by atoms with van der Waals surface area (Å²) in [5, 5.41) is 0. The van der Waals surface area contributed by atoms with Crippen molar-refractivity contribution in [2.45, 2.75) is 6.04 Å². The summed E-state index contributed by atoms with van der Waals surface area (Å²) in [4.78, 5) is 22.7. The second kappa shape index (κ2) is 5.75. The van der Waals surface area contributed by atoms with Crippen LogP contribution in [0, 0.1) is 0 Å². The highest BCUT2D eigenvalue weighted by Gasteiger charge is 2.09. The molecule has 4 nitrogen and oxygen atoms in total. The normalized spacial score (nSPS) is 14.8. The van der Waals surface area contributed by atoms with Crippen molar-refractivity contribution in [3.8, 4) is 0 Å². The highest BCUT2D eigenvalue weighted by Crippen LogP contribution is 2.10. The van der Waals surface area contributed by atoms with Crippen molar-refractivity contribution in [3.05, 3.63) is 58.6 Å². The number of carbonyl (C=O) groups is 2. The molecule has 92 valence electrons. The number of hydrogen-bond acceptors (Lipinski definition) is 3. The average molecular weight is 307 g/mol. The van der Waals surface area contributed by atoms with Crippen LogP contribution < -0.4 is 10.9 Å². The molecular weight excluding hydrogens is 296 g/mol. The number of halogens is 1. The van der Waals surface area contributed by atoms with Crippen LogP contribution in [0.3, 0.4) is 0 Å². The van der Waals surface area contributed by atoms with E-state index in [9.17, 15) is 9.59 Å². The lowest BCUT2D eigenvalue weighted by Gasteiger charge is -2.13. The minimum absolute atomic E-state index is 0.0488. The molecule has 2 N–H and O–H groups in total. The Balaban J connectivity index is 1.89. The van der Waals surface area contributed by atoms with Crippen LogP contribution in [-0.2, 0) is 4.79 Å². The van der Waals surface area contributed by atoms with Crippen LogP contribution in [0.25, 0.3) is 0 Å². The number of nitrogens with one attached hydrogen (secondary N) is 2. The van der Waals surface area contributed by atoms with Crippen molar-refractivity contribution in [1.82, 2.24) is 10.9 Å². The van der Waals surface area contributed by atoms with E-state index in [0.717, 1.165) is 4.47 Å². The Bertz CT molecular complexity index is 504. The van der Waals surface area contributed by atoms with Gasteiger partial charge in [-0.25, -0.2) is 5.43 Å². The molecule has 0 spiro atoms. The highest BCUT2D eigenvalue weighted by molar-refractivity contribution is 9.10. The lowest BCUT2D eigenvalue weighted by molar-refractivity contribution is -0.110. The number of hydrogen-bond donors (Lipinski definition) is 2. The van der Waals surface area contributed by atoms with Crippen LogP contribution in [-0.4, -0.2) is 17.7 Å². The second-order valence-corrected chi connectivity index (χ2v) is 4.67. The molecule has 0 aromatic heterocycles. The van der Waals surface area contributed by atoms with Gasteiger partial charge in [-0.15, -0.1) is 0 Å². The molecule has 0 bridgehead atoms. The third-order valence-corrected chi connectivity index (χ3v) is 2.92. The predicted octanol–water partition coefficient (Wildman–Crippen LogP) is 1.75. The summed E-state index contributed by atoms with van der Waals surface area (Å²) in [7, 11) is 0. The Hall–Kier alpha value is -1.72. The van der Waals surface area contributed by atoms with Gasteiger partial charge in [0.05, 0.1) is 6.04 Å². The third kappa shape index (κ3) is 3.38. The van der Waals surface area contributed by atoms with Crippen molar-refractivity contribution in [2.75, 3.05) is 0 Å². The molecule has 1 amide bonds. The molecule has 18 heavy (non-hydrogen) atoms. The lowest BCUT2D eigenvalue weighted by atomic mass is 10.1. The quantitative estimate of drug-likeness (QED) is 0.837. The molecule has 1 aliphatic rings. The van der Waals surface area contributed by atoms with E-state index in [1.54, 1.807) is 36.4 Å². The maximum atomic E-state index is 11.8. The Kier molecular flexibility index (Phi) is 4.07. The minimum atomic E-state index is -0.221. The van der Waals surface area contributed by atoms with E-state index in [1.807, 2.05) is 0 Å². The Labute approximate surface area is 113 Å². The maximum absolute atomic E-state index is 11.8. The monoisotopic (exact) mass is 306 g/mol. The molecule has 0 heterocycles. The van der Waals surface area contributed by atoms with Gasteiger partial charge in [-0.1, -0.05) is 28.1 Å². The average Bonchev–Trinajstić information content (AvgIpc) is 2.38. The maximum Gasteiger partial charge on any atom is 0.265 e. The molecule has 0 saturated heterocycles. The molecule has 0 fully saturated rings. The van der Waals surface area contributed by atoms with E-state index in [0.29, 0.717) is 5.56 Å². The number of benzene rings is 1. The van der Waals surface area contributed by atoms with Gasteiger partial charge in [0.25, 0.3) is 5.91 Å². The summed E-state index contributed by atoms with van der Waals surface area (Å²) in [5.41, 5.74) is 5.96. The van der Waals surface area contributed by atoms with E-state index in [2.05, 4.69) is 26.8 Å². The summed E-state index contributed by atoms with van der Waals surface area (Å²) in [6.45, 7) is 0. The van der Waals surface area contributed by atoms with Crippen LogP contribution in [0.15, 0.2) is 53.0 Å². The standard InChI is InChI=1S/C13H11BrN2O2/c14-10-3-1-9(2-4-10)13(18)16-15-11-5-7-12(17)8-6-11/h1-8,11,15H,(H,16,18). The summed E-state index contributed by atoms with van der Waals surface area (Å²) < 4.78 is 0.920. The largest absolute Gasteiger partial charge is 0.290 e. The van der Waals surface area contributed by atoms with Crippen LogP contribution in [0.4, 0.5) is 0 Å². The highest BCUT2D eigenvalue weighted by atomic mass is 79.9. The van der Waals surface area contributed by atoms with Gasteiger partial charge in [-0.2, -0.15) is 0 Å². The molecule has 2 rings (SSSR count). The van der Waals surface area contributed by atoms with Crippen molar-refractivity contribution in [2.24, 2.45) is 0 Å². The predicted molar refractivity (Wildman–Crippen MR) is 71.8 cm³/mol. The number of ketones is 1. The first-order valence-corrected chi connectivity index (χ1v) is 6.16. The lowest BCUT2D eigenvalue weighted by Crippen LogP contribution is -2.43. The Morgan fingerprint density at radius 2 is 1.72 bits per heavy atom. The molecule has 0 saturated carbocycles. The zero-order valence-corrected chi connectivity index (χ0v) is 11.0. The van der Waals surface area contributed by atoms with Crippen LogP contribution in [0.2, 0.25) is 0 Å². The molecule has 0 unspecified atom stereocenters. The number of hydrazine groups is 1. The minimum Gasteiger partial charge on any atom is -0.290 e. The van der Waals surface area contributed by atoms with Crippen LogP contribution >= 0.6 is 15.9 Å². The topological polar surface area (TPSA) is 58.2 Å². The van der Waals surface area contributed by atoms with Gasteiger partial charge in [0.15, 0.2) is 5.78 Å².